The van der Waals surface area contributed by atoms with Crippen molar-refractivity contribution < 1.29 is 13.3 Å². The highest BCUT2D eigenvalue weighted by molar-refractivity contribution is 6.18. The van der Waals surface area contributed by atoms with E-state index in [2.05, 4.69) is 215 Å². The summed E-state index contributed by atoms with van der Waals surface area (Å²) < 4.78 is 24.8. The summed E-state index contributed by atoms with van der Waals surface area (Å²) in [6.45, 7) is 0. The Balaban J connectivity index is 1.02. The van der Waals surface area contributed by atoms with Crippen LogP contribution < -0.4 is 0 Å². The Hall–Kier alpha value is -9.58. The average molecular weight is 907 g/mol. The molecule has 5 aromatic heterocycles. The number of para-hydroxylation sites is 9. The van der Waals surface area contributed by atoms with Crippen molar-refractivity contribution in [3.8, 4) is 44.8 Å². The molecular formula is C66H38N2O3. The molecule has 0 spiro atoms. The van der Waals surface area contributed by atoms with Gasteiger partial charge in [0.1, 0.15) is 22.3 Å². The topological polar surface area (TPSA) is 49.3 Å². The van der Waals surface area contributed by atoms with E-state index in [1.807, 2.05) is 24.3 Å². The lowest BCUT2D eigenvalue weighted by molar-refractivity contribution is 0.666. The second-order valence-corrected chi connectivity index (χ2v) is 18.7. The summed E-state index contributed by atoms with van der Waals surface area (Å²) in [5.74, 6) is 0. The molecule has 0 aliphatic rings. The van der Waals surface area contributed by atoms with E-state index in [9.17, 15) is 0 Å². The molecule has 0 aliphatic carbocycles. The Morgan fingerprint density at radius 3 is 1.17 bits per heavy atom. The Labute approximate surface area is 405 Å². The highest BCUT2D eigenvalue weighted by Crippen LogP contribution is 2.46. The lowest BCUT2D eigenvalue weighted by Gasteiger charge is -2.16. The molecule has 71 heavy (non-hydrogen) atoms. The van der Waals surface area contributed by atoms with Gasteiger partial charge < -0.3 is 22.4 Å². The van der Waals surface area contributed by atoms with Gasteiger partial charge in [-0.25, -0.2) is 0 Å². The van der Waals surface area contributed by atoms with Gasteiger partial charge in [-0.15, -0.1) is 0 Å². The van der Waals surface area contributed by atoms with E-state index in [1.165, 1.54) is 21.5 Å². The van der Waals surface area contributed by atoms with Gasteiger partial charge in [-0.1, -0.05) is 158 Å². The lowest BCUT2D eigenvalue weighted by atomic mass is 9.91. The summed E-state index contributed by atoms with van der Waals surface area (Å²) in [4.78, 5) is 0. The first-order valence-electron chi connectivity index (χ1n) is 24.1. The zero-order valence-corrected chi connectivity index (χ0v) is 38.1. The molecule has 330 valence electrons. The van der Waals surface area contributed by atoms with Crippen LogP contribution in [0.5, 0.6) is 0 Å². The number of fused-ring (bicyclic) bond motifs is 15. The normalized spacial score (nSPS) is 12.2. The zero-order valence-electron chi connectivity index (χ0n) is 38.1. The minimum Gasteiger partial charge on any atom is -0.456 e. The minimum atomic E-state index is 0.861. The first-order valence-corrected chi connectivity index (χ1v) is 24.1. The zero-order chi connectivity index (χ0) is 46.3. The second kappa shape index (κ2) is 14.5. The maximum atomic E-state index is 6.78. The first-order chi connectivity index (χ1) is 35.2. The van der Waals surface area contributed by atoms with E-state index >= 15 is 0 Å². The number of furan rings is 3. The summed E-state index contributed by atoms with van der Waals surface area (Å²) in [5.41, 5.74) is 18.3. The van der Waals surface area contributed by atoms with Gasteiger partial charge >= 0.3 is 0 Å². The van der Waals surface area contributed by atoms with Crippen molar-refractivity contribution in [1.82, 2.24) is 9.13 Å². The fourth-order valence-electron chi connectivity index (χ4n) is 11.8. The van der Waals surface area contributed by atoms with E-state index in [0.717, 1.165) is 133 Å². The number of hydrogen-bond acceptors (Lipinski definition) is 3. The number of rotatable bonds is 5. The number of hydrogen-bond donors (Lipinski definition) is 0. The van der Waals surface area contributed by atoms with Crippen LogP contribution in [0.1, 0.15) is 0 Å². The Morgan fingerprint density at radius 1 is 0.239 bits per heavy atom. The van der Waals surface area contributed by atoms with Crippen molar-refractivity contribution >= 4 is 109 Å². The van der Waals surface area contributed by atoms with Crippen LogP contribution >= 0.6 is 0 Å². The van der Waals surface area contributed by atoms with E-state index in [1.54, 1.807) is 0 Å². The summed E-state index contributed by atoms with van der Waals surface area (Å²) in [6, 6.07) is 82.8. The van der Waals surface area contributed by atoms with Gasteiger partial charge in [0, 0.05) is 65.0 Å². The van der Waals surface area contributed by atoms with Gasteiger partial charge in [-0.2, -0.15) is 0 Å². The van der Waals surface area contributed by atoms with E-state index in [-0.39, 0.29) is 0 Å². The molecule has 16 rings (SSSR count). The van der Waals surface area contributed by atoms with Crippen LogP contribution in [0.15, 0.2) is 244 Å². The molecule has 0 saturated carbocycles. The lowest BCUT2D eigenvalue weighted by Crippen LogP contribution is -1.97. The molecule has 0 amide bonds. The van der Waals surface area contributed by atoms with Gasteiger partial charge in [0.05, 0.1) is 33.4 Å². The van der Waals surface area contributed by atoms with E-state index in [0.29, 0.717) is 0 Å². The molecule has 0 atom stereocenters. The Kier molecular flexibility index (Phi) is 7.82. The molecule has 16 aromatic rings. The molecule has 0 saturated heterocycles. The molecule has 0 unspecified atom stereocenters. The van der Waals surface area contributed by atoms with Gasteiger partial charge in [-0.05, 0) is 95.1 Å². The van der Waals surface area contributed by atoms with E-state index in [4.69, 9.17) is 13.3 Å². The van der Waals surface area contributed by atoms with Crippen LogP contribution in [0.4, 0.5) is 0 Å². The molecule has 0 fully saturated rings. The molecule has 5 nitrogen and oxygen atoms in total. The number of benzene rings is 11. The number of nitrogens with zero attached hydrogens (tertiary/aromatic N) is 2. The minimum absolute atomic E-state index is 0.861. The third-order valence-corrected chi connectivity index (χ3v) is 14.9. The van der Waals surface area contributed by atoms with Crippen LogP contribution in [-0.4, -0.2) is 9.13 Å². The first kappa shape index (κ1) is 38.4. The third-order valence-electron chi connectivity index (χ3n) is 14.9. The molecule has 11 aromatic carbocycles. The predicted octanol–water partition coefficient (Wildman–Crippen LogP) is 18.6. The molecule has 0 aliphatic heterocycles. The molecule has 0 N–H and O–H groups in total. The van der Waals surface area contributed by atoms with Crippen molar-refractivity contribution in [2.75, 3.05) is 0 Å². The molecular weight excluding hydrogens is 869 g/mol. The van der Waals surface area contributed by atoms with Crippen LogP contribution in [0.2, 0.25) is 0 Å². The Bertz CT molecular complexity index is 4650. The van der Waals surface area contributed by atoms with Gasteiger partial charge in [0.2, 0.25) is 0 Å². The molecule has 5 heterocycles. The van der Waals surface area contributed by atoms with Crippen molar-refractivity contribution in [2.45, 2.75) is 0 Å². The maximum Gasteiger partial charge on any atom is 0.159 e. The average Bonchev–Trinajstić information content (AvgIpc) is 4.25. The van der Waals surface area contributed by atoms with Crippen molar-refractivity contribution in [3.05, 3.63) is 231 Å². The molecule has 0 radical (unpaired) electrons. The monoisotopic (exact) mass is 906 g/mol. The highest BCUT2D eigenvalue weighted by Gasteiger charge is 2.24. The molecule has 5 heteroatoms. The Morgan fingerprint density at radius 2 is 0.634 bits per heavy atom. The fourth-order valence-corrected chi connectivity index (χ4v) is 11.8. The summed E-state index contributed by atoms with van der Waals surface area (Å²) in [7, 11) is 0. The van der Waals surface area contributed by atoms with Crippen molar-refractivity contribution in [3.63, 3.8) is 0 Å². The van der Waals surface area contributed by atoms with Crippen LogP contribution in [0, 0.1) is 0 Å². The largest absolute Gasteiger partial charge is 0.456 e. The quantitative estimate of drug-likeness (QED) is 0.173. The second-order valence-electron chi connectivity index (χ2n) is 18.7. The van der Waals surface area contributed by atoms with Crippen LogP contribution in [-0.2, 0) is 0 Å². The predicted molar refractivity (Wildman–Crippen MR) is 293 cm³/mol. The maximum absolute atomic E-state index is 6.78. The third kappa shape index (κ3) is 5.46. The van der Waals surface area contributed by atoms with Gasteiger partial charge in [-0.3, -0.25) is 0 Å². The van der Waals surface area contributed by atoms with Crippen molar-refractivity contribution in [2.24, 2.45) is 0 Å². The summed E-state index contributed by atoms with van der Waals surface area (Å²) in [5, 5.41) is 11.3. The SMILES string of the molecule is c1ccc2c(c1)oc1ccc(-c3cc(-c4cccc5c6ccccc6n(-c6cccc7c6oc6ccccc67)c45)cc(-c4cccc5c6ccccc6n(-c6cccc7c6oc6ccccc67)c45)c3)cc12. The summed E-state index contributed by atoms with van der Waals surface area (Å²) in [6.07, 6.45) is 0. The fraction of sp³-hybridized carbons (Fsp3) is 0. The highest BCUT2D eigenvalue weighted by atomic mass is 16.3. The van der Waals surface area contributed by atoms with Crippen molar-refractivity contribution in [1.29, 1.82) is 0 Å². The standard InChI is InChI=1S/C66H38N2O3/c1-6-26-55-45(15-1)50-22-11-20-43(63(50)67(55)57-28-13-24-52-47-17-3-9-31-60(47)70-65(52)57)41-35-40(39-33-34-62-54(38-39)49-19-5-8-30-59(49)69-62)36-42(37-41)44-21-12-23-51-46-16-2-7-27-56(46)68(64(44)51)58-29-14-25-53-48-18-4-10-32-61(48)71-66(53)58/h1-38H. The summed E-state index contributed by atoms with van der Waals surface area (Å²) >= 11 is 0. The van der Waals surface area contributed by atoms with Crippen LogP contribution in [0.25, 0.3) is 154 Å². The van der Waals surface area contributed by atoms with Crippen LogP contribution in [0.3, 0.4) is 0 Å². The molecule has 0 bridgehead atoms. The smallest absolute Gasteiger partial charge is 0.159 e. The number of aromatic nitrogens is 2. The van der Waals surface area contributed by atoms with Gasteiger partial charge in [0.15, 0.2) is 11.2 Å². The van der Waals surface area contributed by atoms with Gasteiger partial charge in [0.25, 0.3) is 0 Å². The van der Waals surface area contributed by atoms with E-state index < -0.39 is 0 Å².